The predicted octanol–water partition coefficient (Wildman–Crippen LogP) is 1.75. The van der Waals surface area contributed by atoms with Crippen LogP contribution in [-0.2, 0) is 19.4 Å². The number of hydrogen-bond donors (Lipinski definition) is 1. The Kier molecular flexibility index (Phi) is 3.33. The van der Waals surface area contributed by atoms with Gasteiger partial charge < -0.3 is 10.2 Å². The zero-order valence-corrected chi connectivity index (χ0v) is 12.9. The van der Waals surface area contributed by atoms with Crippen molar-refractivity contribution < 1.29 is 0 Å². The Morgan fingerprint density at radius 2 is 2.05 bits per heavy atom. The Morgan fingerprint density at radius 3 is 2.82 bits per heavy atom. The van der Waals surface area contributed by atoms with E-state index in [0.717, 1.165) is 44.1 Å². The Morgan fingerprint density at radius 1 is 1.18 bits per heavy atom. The maximum Gasteiger partial charge on any atom is 0.194 e. The number of para-hydroxylation sites is 1. The molecule has 0 atom stereocenters. The molecule has 2 heterocycles. The summed E-state index contributed by atoms with van der Waals surface area (Å²) in [4.78, 5) is 6.65. The number of guanidine groups is 1. The highest BCUT2D eigenvalue weighted by Gasteiger charge is 2.23. The summed E-state index contributed by atoms with van der Waals surface area (Å²) in [5, 5.41) is 8.31. The summed E-state index contributed by atoms with van der Waals surface area (Å²) in [5.74, 6) is 0.987. The molecule has 0 bridgehead atoms. The van der Waals surface area contributed by atoms with E-state index < -0.39 is 0 Å². The van der Waals surface area contributed by atoms with Crippen molar-refractivity contribution in [3.05, 3.63) is 47.3 Å². The first kappa shape index (κ1) is 13.4. The van der Waals surface area contributed by atoms with E-state index in [-0.39, 0.29) is 0 Å². The van der Waals surface area contributed by atoms with Crippen LogP contribution in [0.3, 0.4) is 0 Å². The molecule has 1 aromatic carbocycles. The first-order valence-corrected chi connectivity index (χ1v) is 7.97. The zero-order chi connectivity index (χ0) is 14.9. The van der Waals surface area contributed by atoms with Gasteiger partial charge in [0.05, 0.1) is 24.5 Å². The summed E-state index contributed by atoms with van der Waals surface area (Å²) in [6.45, 7) is 2.64. The summed E-state index contributed by atoms with van der Waals surface area (Å²) in [6, 6.07) is 10.4. The molecule has 0 saturated heterocycles. The van der Waals surface area contributed by atoms with Crippen LogP contribution in [0.15, 0.2) is 35.3 Å². The summed E-state index contributed by atoms with van der Waals surface area (Å²) in [5.41, 5.74) is 5.13. The maximum absolute atomic E-state index is 4.87. The molecule has 1 aromatic heterocycles. The molecule has 5 heteroatoms. The summed E-state index contributed by atoms with van der Waals surface area (Å²) >= 11 is 0. The smallest absolute Gasteiger partial charge is 0.194 e. The van der Waals surface area contributed by atoms with Crippen LogP contribution in [0.5, 0.6) is 0 Å². The number of rotatable bonds is 3. The number of aliphatic imine (C=N–C) groups is 1. The Balaban J connectivity index is 1.61. The number of benzene rings is 1. The van der Waals surface area contributed by atoms with E-state index in [1.54, 1.807) is 0 Å². The number of hydrogen-bond acceptors (Lipinski definition) is 4. The fourth-order valence-electron chi connectivity index (χ4n) is 3.32. The lowest BCUT2D eigenvalue weighted by Gasteiger charge is -2.14. The van der Waals surface area contributed by atoms with Gasteiger partial charge in [0.25, 0.3) is 0 Å². The number of nitrogens with zero attached hydrogens (tertiary/aromatic N) is 4. The zero-order valence-electron chi connectivity index (χ0n) is 12.9. The van der Waals surface area contributed by atoms with Gasteiger partial charge in [-0.1, -0.05) is 18.2 Å². The summed E-state index contributed by atoms with van der Waals surface area (Å²) in [7, 11) is 2.08. The van der Waals surface area contributed by atoms with Crippen molar-refractivity contribution in [3.8, 4) is 5.69 Å². The van der Waals surface area contributed by atoms with Crippen LogP contribution in [0.4, 0.5) is 0 Å². The minimum atomic E-state index is 0.755. The van der Waals surface area contributed by atoms with Gasteiger partial charge in [0.15, 0.2) is 5.96 Å². The summed E-state index contributed by atoms with van der Waals surface area (Å²) < 4.78 is 2.12. The van der Waals surface area contributed by atoms with Crippen molar-refractivity contribution in [1.82, 2.24) is 20.0 Å². The van der Waals surface area contributed by atoms with Gasteiger partial charge in [0.1, 0.15) is 0 Å². The average Bonchev–Trinajstić information content (AvgIpc) is 3.23. The Bertz CT molecular complexity index is 701. The van der Waals surface area contributed by atoms with Crippen molar-refractivity contribution in [2.24, 2.45) is 4.99 Å². The van der Waals surface area contributed by atoms with Gasteiger partial charge in [-0.05, 0) is 37.0 Å². The maximum atomic E-state index is 4.87. The van der Waals surface area contributed by atoms with Crippen LogP contribution in [0.25, 0.3) is 5.69 Å². The highest BCUT2D eigenvalue weighted by atomic mass is 15.3. The molecule has 4 rings (SSSR count). The van der Waals surface area contributed by atoms with Gasteiger partial charge in [-0.3, -0.25) is 4.99 Å². The minimum absolute atomic E-state index is 0.755. The number of fused-ring (bicyclic) bond motifs is 1. The lowest BCUT2D eigenvalue weighted by Crippen LogP contribution is -2.35. The molecule has 0 saturated carbocycles. The van der Waals surface area contributed by atoms with Crippen molar-refractivity contribution in [1.29, 1.82) is 0 Å². The third-order valence-corrected chi connectivity index (χ3v) is 4.49. The third-order valence-electron chi connectivity index (χ3n) is 4.49. The van der Waals surface area contributed by atoms with E-state index in [0.29, 0.717) is 0 Å². The molecule has 0 spiro atoms. The monoisotopic (exact) mass is 295 g/mol. The fraction of sp³-hybridized carbons (Fsp3) is 0.412. The normalized spacial score (nSPS) is 16.8. The standard InChI is InChI=1S/C17H21N5/c1-21-11-10-18-17(21)19-12-15-14-8-5-9-16(14)22(20-15)13-6-3-2-4-7-13/h2-4,6-7H,5,8-12H2,1H3,(H,18,19). The second-order valence-corrected chi connectivity index (χ2v) is 5.95. The van der Waals surface area contributed by atoms with E-state index in [4.69, 9.17) is 5.10 Å². The highest BCUT2D eigenvalue weighted by molar-refractivity contribution is 5.81. The van der Waals surface area contributed by atoms with Crippen molar-refractivity contribution in [2.45, 2.75) is 25.8 Å². The number of nitrogens with one attached hydrogen (secondary N) is 1. The second kappa shape index (κ2) is 5.48. The molecule has 2 aliphatic rings. The molecule has 0 amide bonds. The van der Waals surface area contributed by atoms with E-state index in [9.17, 15) is 0 Å². The van der Waals surface area contributed by atoms with Crippen molar-refractivity contribution in [3.63, 3.8) is 0 Å². The van der Waals surface area contributed by atoms with Crippen LogP contribution in [0.2, 0.25) is 0 Å². The SMILES string of the molecule is CN1CCN=C1NCc1nn(-c2ccccc2)c2c1CCC2. The number of likely N-dealkylation sites (N-methyl/N-ethyl adjacent to an activating group) is 1. The number of aromatic nitrogens is 2. The van der Waals surface area contributed by atoms with Gasteiger partial charge in [0.2, 0.25) is 0 Å². The Labute approximate surface area is 130 Å². The molecular weight excluding hydrogens is 274 g/mol. The van der Waals surface area contributed by atoms with Crippen LogP contribution in [-0.4, -0.2) is 40.8 Å². The quantitative estimate of drug-likeness (QED) is 0.938. The van der Waals surface area contributed by atoms with Crippen molar-refractivity contribution in [2.75, 3.05) is 20.1 Å². The van der Waals surface area contributed by atoms with Crippen LogP contribution >= 0.6 is 0 Å². The fourth-order valence-corrected chi connectivity index (χ4v) is 3.32. The molecule has 5 nitrogen and oxygen atoms in total. The van der Waals surface area contributed by atoms with E-state index >= 15 is 0 Å². The molecule has 22 heavy (non-hydrogen) atoms. The van der Waals surface area contributed by atoms with Crippen LogP contribution in [0, 0.1) is 0 Å². The summed E-state index contributed by atoms with van der Waals surface area (Å²) in [6.07, 6.45) is 3.49. The van der Waals surface area contributed by atoms with E-state index in [1.165, 1.54) is 23.4 Å². The van der Waals surface area contributed by atoms with Gasteiger partial charge in [0, 0.05) is 19.3 Å². The largest absolute Gasteiger partial charge is 0.351 e. The van der Waals surface area contributed by atoms with Crippen LogP contribution < -0.4 is 5.32 Å². The molecule has 1 aliphatic carbocycles. The molecule has 0 fully saturated rings. The molecule has 0 unspecified atom stereocenters. The third kappa shape index (κ3) is 2.26. The predicted molar refractivity (Wildman–Crippen MR) is 87.4 cm³/mol. The first-order valence-electron chi connectivity index (χ1n) is 7.97. The first-order chi connectivity index (χ1) is 10.8. The average molecular weight is 295 g/mol. The second-order valence-electron chi connectivity index (χ2n) is 5.95. The van der Waals surface area contributed by atoms with Gasteiger partial charge in [-0.2, -0.15) is 5.10 Å². The molecule has 1 aliphatic heterocycles. The minimum Gasteiger partial charge on any atom is -0.351 e. The topological polar surface area (TPSA) is 45.4 Å². The molecule has 0 radical (unpaired) electrons. The van der Waals surface area contributed by atoms with Gasteiger partial charge >= 0.3 is 0 Å². The van der Waals surface area contributed by atoms with E-state index in [1.807, 2.05) is 6.07 Å². The van der Waals surface area contributed by atoms with Gasteiger partial charge in [-0.15, -0.1) is 0 Å². The Hall–Kier alpha value is -2.30. The highest BCUT2D eigenvalue weighted by Crippen LogP contribution is 2.27. The molecular formula is C17H21N5. The lowest BCUT2D eigenvalue weighted by molar-refractivity contribution is 0.532. The van der Waals surface area contributed by atoms with E-state index in [2.05, 4.69) is 51.2 Å². The molecule has 1 N–H and O–H groups in total. The lowest BCUT2D eigenvalue weighted by atomic mass is 10.2. The van der Waals surface area contributed by atoms with Crippen LogP contribution in [0.1, 0.15) is 23.4 Å². The molecule has 2 aromatic rings. The van der Waals surface area contributed by atoms with Crippen molar-refractivity contribution >= 4 is 5.96 Å². The molecule has 114 valence electrons. The van der Waals surface area contributed by atoms with Gasteiger partial charge in [-0.25, -0.2) is 4.68 Å².